The summed E-state index contributed by atoms with van der Waals surface area (Å²) in [7, 11) is 8.84. The number of rotatable bonds is 23. The van der Waals surface area contributed by atoms with E-state index in [1.165, 1.54) is 18.2 Å². The SMILES string of the molecule is CC(C)(C)c1noc(C(=O)O)n1.CN1CCCN([C@@H]2CCN(c3n[nH]c4nccc(-c5ccc(CNC(=O)c6nc(C(C)(C)C)no6)c(F)c5)c34)C2)C1=O.COc1ccc(Cn2nc(N3CC[C@@H](N4CCCN(C)C4=O)C3)c3c(-c4ccc(CN)c(F)c4)ccnc32)cc1.COc1ccc(Cn2nc(N3CC[C@@H](N4CCCN(C)C4=O)C3)c3c(-c4ccc(CNC(=O)c5nc(C(C)(C)C)no5)c(F)c4)ccnc32)cc1. The molecule has 5 aromatic carbocycles. The first-order chi connectivity index (χ1) is 69.5. The third-order valence-electron chi connectivity index (χ3n) is 26.8. The van der Waals surface area contributed by atoms with Gasteiger partial charge in [0.05, 0.1) is 61.6 Å². The monoisotopic (exact) mass is 1980 g/mol. The predicted molar refractivity (Wildman–Crippen MR) is 535 cm³/mol. The molecule has 0 saturated carbocycles. The van der Waals surface area contributed by atoms with Gasteiger partial charge < -0.3 is 88.6 Å². The van der Waals surface area contributed by atoms with Crippen molar-refractivity contribution in [1.29, 1.82) is 0 Å². The van der Waals surface area contributed by atoms with E-state index in [-0.39, 0.29) is 95.6 Å². The fourth-order valence-electron chi connectivity index (χ4n) is 18.7. The zero-order valence-electron chi connectivity index (χ0n) is 83.7. The Balaban J connectivity index is 0.000000141. The Labute approximate surface area is 835 Å². The third-order valence-corrected chi connectivity index (χ3v) is 26.8. The number of nitrogens with two attached hydrogens (primary N) is 1. The van der Waals surface area contributed by atoms with Gasteiger partial charge in [-0.3, -0.25) is 14.7 Å². The number of ether oxygens (including phenoxy) is 2. The number of nitrogens with one attached hydrogen (secondary N) is 3. The van der Waals surface area contributed by atoms with Gasteiger partial charge in [0, 0.05) is 171 Å². The van der Waals surface area contributed by atoms with Crippen LogP contribution in [0.2, 0.25) is 0 Å². The smallest absolute Gasteiger partial charge is 0.394 e. The molecule has 6 aliphatic rings. The van der Waals surface area contributed by atoms with E-state index in [1.54, 1.807) is 65.7 Å². The molecule has 0 aliphatic carbocycles. The first-order valence-corrected chi connectivity index (χ1v) is 48.5. The molecule has 6 fully saturated rings. The van der Waals surface area contributed by atoms with Gasteiger partial charge in [-0.1, -0.05) is 138 Å². The summed E-state index contributed by atoms with van der Waals surface area (Å²) in [6, 6.07) is 36.9. The van der Waals surface area contributed by atoms with Crippen LogP contribution in [0.5, 0.6) is 11.5 Å². The number of urea groups is 3. The van der Waals surface area contributed by atoms with Gasteiger partial charge in [-0.05, 0) is 144 Å². The van der Waals surface area contributed by atoms with Crippen molar-refractivity contribution in [3.63, 3.8) is 0 Å². The number of methoxy groups -OCH3 is 2. The van der Waals surface area contributed by atoms with Gasteiger partial charge in [-0.25, -0.2) is 56.7 Å². The Hall–Kier alpha value is -15.7. The van der Waals surface area contributed by atoms with Gasteiger partial charge in [0.1, 0.15) is 29.0 Å². The van der Waals surface area contributed by atoms with Crippen LogP contribution in [0.25, 0.3) is 66.5 Å². The van der Waals surface area contributed by atoms with Crippen molar-refractivity contribution in [2.45, 2.75) is 168 Å². The van der Waals surface area contributed by atoms with Gasteiger partial charge in [-0.2, -0.15) is 30.2 Å². The largest absolute Gasteiger partial charge is 0.497 e. The highest BCUT2D eigenvalue weighted by Gasteiger charge is 2.41. The summed E-state index contributed by atoms with van der Waals surface area (Å²) >= 11 is 0. The molecule has 6 aliphatic heterocycles. The molecule has 0 bridgehead atoms. The number of pyridine rings is 3. The lowest BCUT2D eigenvalue weighted by Crippen LogP contribution is -2.52. The molecule has 42 heteroatoms. The van der Waals surface area contributed by atoms with Crippen molar-refractivity contribution < 1.29 is 70.1 Å². The highest BCUT2D eigenvalue weighted by molar-refractivity contribution is 6.04. The van der Waals surface area contributed by atoms with Crippen LogP contribution < -0.4 is 40.5 Å². The van der Waals surface area contributed by atoms with Crippen molar-refractivity contribution >= 4 is 86.4 Å². The minimum Gasteiger partial charge on any atom is -0.497 e. The number of amides is 8. The Morgan fingerprint density at radius 2 is 0.807 bits per heavy atom. The van der Waals surface area contributed by atoms with Crippen LogP contribution in [0.15, 0.2) is 153 Å². The maximum Gasteiger partial charge on any atom is 0.394 e. The van der Waals surface area contributed by atoms with Gasteiger partial charge in [0.15, 0.2) is 51.9 Å². The van der Waals surface area contributed by atoms with Gasteiger partial charge in [0.25, 0.3) is 0 Å². The number of fused-ring (bicyclic) bond motifs is 3. The van der Waals surface area contributed by atoms with Crippen molar-refractivity contribution in [3.8, 4) is 44.9 Å². The number of nitrogens with zero attached hydrogens (tertiary/aromatic N) is 23. The first kappa shape index (κ1) is 101. The average molecular weight is 1990 g/mol. The molecule has 9 aromatic heterocycles. The number of anilines is 3. The molecule has 0 spiro atoms. The molecule has 20 rings (SSSR count). The van der Waals surface area contributed by atoms with Crippen molar-refractivity contribution in [2.24, 2.45) is 5.73 Å². The third kappa shape index (κ3) is 22.1. The van der Waals surface area contributed by atoms with E-state index in [9.17, 15) is 33.2 Å². The van der Waals surface area contributed by atoms with E-state index >= 15 is 8.78 Å². The number of aromatic amines is 1. The summed E-state index contributed by atoms with van der Waals surface area (Å²) in [6.07, 6.45) is 10.5. The molecule has 760 valence electrons. The summed E-state index contributed by atoms with van der Waals surface area (Å²) in [5, 5.41) is 45.4. The number of carbonyl (C=O) groups is 6. The van der Waals surface area contributed by atoms with Gasteiger partial charge in [0.2, 0.25) is 0 Å². The number of aromatic nitrogens is 15. The quantitative estimate of drug-likeness (QED) is 0.0397. The summed E-state index contributed by atoms with van der Waals surface area (Å²) in [4.78, 5) is 118. The fraction of sp³-hybridized carbons (Fsp3) is 0.417. The van der Waals surface area contributed by atoms with Crippen LogP contribution in [-0.4, -0.2) is 278 Å². The maximum atomic E-state index is 15.7. The molecular weight excluding hydrogens is 1860 g/mol. The Bertz CT molecular complexity index is 7080. The number of carboxylic acids is 1. The van der Waals surface area contributed by atoms with E-state index in [0.717, 1.165) is 175 Å². The number of benzene rings is 5. The number of aromatic carboxylic acids is 1. The van der Waals surface area contributed by atoms with Crippen LogP contribution in [0, 0.1) is 17.5 Å². The molecule has 6 saturated heterocycles. The fourth-order valence-corrected chi connectivity index (χ4v) is 18.7. The molecule has 8 amide bonds. The molecule has 3 atom stereocenters. The lowest BCUT2D eigenvalue weighted by atomic mass is 9.96. The highest BCUT2D eigenvalue weighted by Crippen LogP contribution is 2.43. The molecule has 14 aromatic rings. The van der Waals surface area contributed by atoms with E-state index in [4.69, 9.17) is 49.5 Å². The normalized spacial score (nSPS) is 16.9. The molecular formula is C103H120F3N27O12. The topological polar surface area (TPSA) is 440 Å². The molecule has 145 heavy (non-hydrogen) atoms. The minimum absolute atomic E-state index is 0.0412. The van der Waals surface area contributed by atoms with Crippen molar-refractivity contribution in [2.75, 3.05) is 129 Å². The van der Waals surface area contributed by atoms with Crippen molar-refractivity contribution in [3.05, 3.63) is 220 Å². The van der Waals surface area contributed by atoms with Gasteiger partial charge >= 0.3 is 53.5 Å². The van der Waals surface area contributed by atoms with Crippen LogP contribution in [0.3, 0.4) is 0 Å². The molecule has 39 nitrogen and oxygen atoms in total. The molecule has 0 radical (unpaired) electrons. The van der Waals surface area contributed by atoms with E-state index in [0.29, 0.717) is 95.9 Å². The van der Waals surface area contributed by atoms with Gasteiger partial charge in [-0.15, -0.1) is 0 Å². The summed E-state index contributed by atoms with van der Waals surface area (Å²) in [6.45, 7) is 27.0. The summed E-state index contributed by atoms with van der Waals surface area (Å²) in [5.41, 5.74) is 14.4. The second-order valence-electron chi connectivity index (χ2n) is 40.1. The highest BCUT2D eigenvalue weighted by atomic mass is 19.1. The zero-order valence-corrected chi connectivity index (χ0v) is 83.7. The number of carboxylic acid groups (broad SMARTS) is 1. The summed E-state index contributed by atoms with van der Waals surface area (Å²) in [5.74, 6) is 0.775. The predicted octanol–water partition coefficient (Wildman–Crippen LogP) is 14.1. The maximum absolute atomic E-state index is 15.7. The Kier molecular flexibility index (Phi) is 29.6. The van der Waals surface area contributed by atoms with E-state index in [2.05, 4.69) is 75.5 Å². The lowest BCUT2D eigenvalue weighted by molar-refractivity contribution is 0.0642. The van der Waals surface area contributed by atoms with E-state index < -0.39 is 29.4 Å². The Morgan fingerprint density at radius 1 is 0.455 bits per heavy atom. The Morgan fingerprint density at radius 3 is 1.15 bits per heavy atom. The minimum atomic E-state index is -1.20. The van der Waals surface area contributed by atoms with Crippen LogP contribution in [0.1, 0.15) is 178 Å². The molecule has 0 unspecified atom stereocenters. The number of H-pyrrole nitrogens is 1. The second kappa shape index (κ2) is 42.5. The zero-order chi connectivity index (χ0) is 103. The van der Waals surface area contributed by atoms with E-state index in [1.807, 2.05) is 192 Å². The lowest BCUT2D eigenvalue weighted by Gasteiger charge is -2.37. The first-order valence-electron chi connectivity index (χ1n) is 48.5. The second-order valence-corrected chi connectivity index (χ2v) is 40.1. The number of carbonyl (C=O) groups excluding carboxylic acids is 5. The van der Waals surface area contributed by atoms with Crippen LogP contribution in [0.4, 0.5) is 45.0 Å². The number of hydrogen-bond acceptors (Lipinski definition) is 27. The average Bonchev–Trinajstić information content (AvgIpc) is 1.61. The number of halogens is 3. The molecule has 15 heterocycles. The van der Waals surface area contributed by atoms with Crippen LogP contribution in [-0.2, 0) is 49.0 Å². The van der Waals surface area contributed by atoms with Crippen molar-refractivity contribution in [1.82, 2.24) is 115 Å². The van der Waals surface area contributed by atoms with Crippen LogP contribution >= 0.6 is 0 Å². The molecule has 6 N–H and O–H groups in total. The number of hydrogen-bond donors (Lipinski definition) is 5. The summed E-state index contributed by atoms with van der Waals surface area (Å²) < 4.78 is 75.0. The standard InChI is InChI=1S/C37H42FN9O4.C30H34FN7O2.C29H34FN9O3.C7H10N2O3/c1-37(2,3)35-41-34(51-43-35)33(48)40-20-25-10-9-24(19-29(25)38)28-13-15-39-31-30(28)32(42-47(31)21-23-7-11-27(50-5)12-8-23)45-18-14-26(22-45)46-17-6-16-44(4)36(46)49;1-35-13-3-14-37(30(35)39)23-11-15-36(19-23)29-27-25(21-6-7-22(17-32)26(31)16-21)10-12-33-28(27)38(34-29)18-20-4-8-24(40-2)9-5-20;1-29(2,3)27-33-26(42-36-27)25(40)32-15-18-7-6-17(14-21(18)30)20-8-10-31-23-22(20)24(35-34-23)38-13-9-19(16-38)39-12-5-11-37(4)28(39)41;1-7(2,3)6-8-4(5(10)11)12-9-6/h7-13,15,19,26H,6,14,16-18,20-22H2,1-5H3,(H,40,48);4-10,12,16,23H,3,11,13-15,17-19,32H2,1-2H3;6-8,10,14,19H,5,9,11-13,15-16H2,1-4H3,(H,32,40)(H,31,34,35);1-3H3,(H,10,11)/t26-;23-;19-;/m111./s1.